The molecule has 134 valence electrons. The van der Waals surface area contributed by atoms with Crippen molar-refractivity contribution in [2.75, 3.05) is 0 Å². The van der Waals surface area contributed by atoms with Crippen LogP contribution in [0.3, 0.4) is 0 Å². The highest BCUT2D eigenvalue weighted by Crippen LogP contribution is 2.48. The van der Waals surface area contributed by atoms with Crippen molar-refractivity contribution in [3.05, 3.63) is 68.9 Å². The molecule has 0 saturated carbocycles. The van der Waals surface area contributed by atoms with Crippen molar-refractivity contribution >= 4 is 28.8 Å². The van der Waals surface area contributed by atoms with Gasteiger partial charge >= 0.3 is 11.8 Å². The SMILES string of the molecule is O=C1C(N2C=CC(=c3cc4c(s3)=CC=CC4)C=C2)=C(O)C(F)(F)C1(F)F. The summed E-state index contributed by atoms with van der Waals surface area (Å²) in [5.74, 6) is -13.9. The molecule has 1 N–H and O–H groups in total. The first-order valence-corrected chi connectivity index (χ1v) is 8.44. The number of ketones is 1. The molecular weight excluding hydrogens is 370 g/mol. The van der Waals surface area contributed by atoms with E-state index in [1.54, 1.807) is 11.3 Å². The van der Waals surface area contributed by atoms with Gasteiger partial charge in [-0.3, -0.25) is 4.79 Å². The summed E-state index contributed by atoms with van der Waals surface area (Å²) < 4.78 is 55.9. The van der Waals surface area contributed by atoms with Gasteiger partial charge in [0.15, 0.2) is 5.76 Å². The van der Waals surface area contributed by atoms with Gasteiger partial charge in [-0.15, -0.1) is 11.3 Å². The molecule has 4 rings (SSSR count). The highest BCUT2D eigenvalue weighted by atomic mass is 32.1. The molecule has 3 nitrogen and oxygen atoms in total. The van der Waals surface area contributed by atoms with E-state index < -0.39 is 29.1 Å². The zero-order valence-electron chi connectivity index (χ0n) is 13.0. The summed E-state index contributed by atoms with van der Waals surface area (Å²) >= 11 is 1.54. The number of allylic oxidation sites excluding steroid dienone is 6. The molecule has 0 fully saturated rings. The molecule has 0 aromatic carbocycles. The van der Waals surface area contributed by atoms with Crippen LogP contribution in [0, 0.1) is 0 Å². The minimum atomic E-state index is -4.96. The first kappa shape index (κ1) is 16.8. The first-order chi connectivity index (χ1) is 12.2. The van der Waals surface area contributed by atoms with Crippen molar-refractivity contribution in [3.8, 4) is 0 Å². The Balaban J connectivity index is 1.71. The lowest BCUT2D eigenvalue weighted by molar-refractivity contribution is -0.190. The molecule has 0 unspecified atom stereocenters. The maximum atomic E-state index is 13.5. The minimum Gasteiger partial charge on any atom is -0.505 e. The maximum Gasteiger partial charge on any atom is 0.380 e. The Hall–Kier alpha value is -2.61. The van der Waals surface area contributed by atoms with Crippen molar-refractivity contribution < 1.29 is 27.5 Å². The lowest BCUT2D eigenvalue weighted by atomic mass is 10.1. The number of hydrogen-bond donors (Lipinski definition) is 1. The highest BCUT2D eigenvalue weighted by molar-refractivity contribution is 7.08. The molecule has 2 aliphatic carbocycles. The van der Waals surface area contributed by atoms with Crippen LogP contribution in [0.4, 0.5) is 17.6 Å². The molecule has 0 radical (unpaired) electrons. The lowest BCUT2D eigenvalue weighted by Gasteiger charge is -2.19. The van der Waals surface area contributed by atoms with E-state index in [2.05, 4.69) is 0 Å². The van der Waals surface area contributed by atoms with E-state index in [-0.39, 0.29) is 0 Å². The Morgan fingerprint density at radius 3 is 2.38 bits per heavy atom. The summed E-state index contributed by atoms with van der Waals surface area (Å²) in [6.45, 7) is 0. The molecule has 1 aromatic rings. The molecule has 2 heterocycles. The van der Waals surface area contributed by atoms with Crippen LogP contribution in [0.25, 0.3) is 11.6 Å². The predicted molar refractivity (Wildman–Crippen MR) is 89.0 cm³/mol. The Labute approximate surface area is 148 Å². The number of thiophene rings is 1. The standard InChI is InChI=1S/C18H11F4NO2S/c19-17(20)15(24)14(16(25)18(17,21)22)23-7-5-10(6-8-23)13-9-11-3-1-2-4-12(11)26-13/h1-2,4-9,24H,3H2. The zero-order valence-corrected chi connectivity index (χ0v) is 13.9. The largest absolute Gasteiger partial charge is 0.505 e. The second-order valence-electron chi connectivity index (χ2n) is 5.97. The Morgan fingerprint density at radius 2 is 1.81 bits per heavy atom. The third-order valence-electron chi connectivity index (χ3n) is 4.35. The van der Waals surface area contributed by atoms with Crippen molar-refractivity contribution in [1.29, 1.82) is 0 Å². The highest BCUT2D eigenvalue weighted by Gasteiger charge is 2.72. The summed E-state index contributed by atoms with van der Waals surface area (Å²) in [6.07, 6.45) is 12.2. The summed E-state index contributed by atoms with van der Waals surface area (Å²) in [7, 11) is 0. The Kier molecular flexibility index (Phi) is 3.52. The van der Waals surface area contributed by atoms with Crippen LogP contribution >= 0.6 is 11.3 Å². The topological polar surface area (TPSA) is 40.5 Å². The first-order valence-electron chi connectivity index (χ1n) is 7.62. The summed E-state index contributed by atoms with van der Waals surface area (Å²) in [4.78, 5) is 12.5. The van der Waals surface area contributed by atoms with Crippen LogP contribution in [0.1, 0.15) is 5.56 Å². The number of halogens is 4. The monoisotopic (exact) mass is 381 g/mol. The van der Waals surface area contributed by atoms with E-state index in [9.17, 15) is 27.5 Å². The average Bonchev–Trinajstić information content (AvgIpc) is 3.10. The molecule has 1 aliphatic heterocycles. The fourth-order valence-corrected chi connectivity index (χ4v) is 4.02. The van der Waals surface area contributed by atoms with Gasteiger partial charge in [0.25, 0.3) is 5.78 Å². The molecule has 0 bridgehead atoms. The Morgan fingerprint density at radius 1 is 1.12 bits per heavy atom. The number of alkyl halides is 4. The van der Waals surface area contributed by atoms with Crippen LogP contribution in [0.15, 0.2) is 54.2 Å². The van der Waals surface area contributed by atoms with Gasteiger partial charge in [0.1, 0.15) is 5.70 Å². The summed E-state index contributed by atoms with van der Waals surface area (Å²) in [5, 5.41) is 9.47. The summed E-state index contributed by atoms with van der Waals surface area (Å²) in [6, 6.07) is 2.00. The maximum absolute atomic E-state index is 13.5. The van der Waals surface area contributed by atoms with Crippen molar-refractivity contribution in [3.63, 3.8) is 0 Å². The average molecular weight is 381 g/mol. The number of fused-ring (bicyclic) bond motifs is 1. The number of hydrogen-bond acceptors (Lipinski definition) is 4. The van der Waals surface area contributed by atoms with Gasteiger partial charge in [0, 0.05) is 21.5 Å². The third-order valence-corrected chi connectivity index (χ3v) is 5.54. The number of aliphatic hydroxyl groups is 1. The van der Waals surface area contributed by atoms with Crippen LogP contribution in [-0.4, -0.2) is 27.6 Å². The van der Waals surface area contributed by atoms with Crippen LogP contribution < -0.4 is 9.06 Å². The van der Waals surface area contributed by atoms with Crippen LogP contribution in [-0.2, 0) is 11.2 Å². The number of rotatable bonds is 1. The van der Waals surface area contributed by atoms with Gasteiger partial charge < -0.3 is 10.0 Å². The van der Waals surface area contributed by atoms with Gasteiger partial charge in [-0.2, -0.15) is 17.6 Å². The second kappa shape index (κ2) is 5.44. The quantitative estimate of drug-likeness (QED) is 0.761. The van der Waals surface area contributed by atoms with Gasteiger partial charge in [-0.1, -0.05) is 12.2 Å². The molecular formula is C18H11F4NO2S. The fourth-order valence-electron chi connectivity index (χ4n) is 2.91. The molecule has 3 aliphatic rings. The molecule has 0 spiro atoms. The lowest BCUT2D eigenvalue weighted by Crippen LogP contribution is -2.42. The molecule has 1 aromatic heterocycles. The van der Waals surface area contributed by atoms with E-state index >= 15 is 0 Å². The van der Waals surface area contributed by atoms with Crippen LogP contribution in [0.5, 0.6) is 0 Å². The van der Waals surface area contributed by atoms with E-state index in [4.69, 9.17) is 0 Å². The summed E-state index contributed by atoms with van der Waals surface area (Å²) in [5.41, 5.74) is 0.794. The number of Topliss-reactive ketones (excluding diaryl/α,β-unsaturated/α-hetero) is 1. The van der Waals surface area contributed by atoms with E-state index in [1.165, 1.54) is 24.6 Å². The van der Waals surface area contributed by atoms with E-state index in [0.717, 1.165) is 31.5 Å². The Bertz CT molecular complexity index is 1040. The fraction of sp³-hybridized carbons (Fsp3) is 0.167. The van der Waals surface area contributed by atoms with Gasteiger partial charge in [0.2, 0.25) is 0 Å². The predicted octanol–water partition coefficient (Wildman–Crippen LogP) is 2.76. The molecule has 8 heteroatoms. The smallest absolute Gasteiger partial charge is 0.380 e. The second-order valence-corrected chi connectivity index (χ2v) is 7.05. The minimum absolute atomic E-state index is 0.748. The number of carbonyl (C=O) groups is 1. The molecule has 26 heavy (non-hydrogen) atoms. The van der Waals surface area contributed by atoms with Crippen molar-refractivity contribution in [2.45, 2.75) is 18.3 Å². The number of carbonyl (C=O) groups excluding carboxylic acids is 1. The molecule has 0 amide bonds. The third kappa shape index (κ3) is 2.21. The van der Waals surface area contributed by atoms with E-state index in [1.807, 2.05) is 24.3 Å². The van der Waals surface area contributed by atoms with Crippen molar-refractivity contribution in [2.24, 2.45) is 0 Å². The number of nitrogens with zero attached hydrogens (tertiary/aromatic N) is 1. The normalized spacial score (nSPS) is 22.8. The van der Waals surface area contributed by atoms with Gasteiger partial charge in [-0.25, -0.2) is 0 Å². The van der Waals surface area contributed by atoms with Gasteiger partial charge in [0.05, 0.1) is 0 Å². The number of aliphatic hydroxyl groups excluding tert-OH is 1. The zero-order chi connectivity index (χ0) is 18.7. The van der Waals surface area contributed by atoms with E-state index in [0.29, 0.717) is 0 Å². The molecule has 0 saturated heterocycles. The van der Waals surface area contributed by atoms with Gasteiger partial charge in [-0.05, 0) is 41.9 Å². The van der Waals surface area contributed by atoms with Crippen LogP contribution in [0.2, 0.25) is 0 Å². The molecule has 0 atom stereocenters. The van der Waals surface area contributed by atoms with Crippen molar-refractivity contribution in [1.82, 2.24) is 4.90 Å².